The monoisotopic (exact) mass is 386 g/mol. The minimum absolute atomic E-state index is 0.205. The lowest BCUT2D eigenvalue weighted by atomic mass is 10.2. The van der Waals surface area contributed by atoms with Crippen LogP contribution in [0.25, 0.3) is 0 Å². The number of urea groups is 1. The molecule has 2 amide bonds. The van der Waals surface area contributed by atoms with Crippen molar-refractivity contribution in [2.24, 2.45) is 0 Å². The number of carbonyl (C=O) groups excluding carboxylic acids is 1. The molecule has 28 heavy (non-hydrogen) atoms. The third kappa shape index (κ3) is 8.41. The van der Waals surface area contributed by atoms with Crippen LogP contribution in [0.15, 0.2) is 54.6 Å². The summed E-state index contributed by atoms with van der Waals surface area (Å²) in [5, 5.41) is 5.65. The standard InChI is InChI=1S/C22H30N2O4/c1-3-26-21(27-4-2)11-8-16-23-22(25)24-19-12-14-20(15-13-19)28-17-18-9-6-5-7-10-18/h5-7,9-10,12-15,21H,3-4,8,11,16-17H2,1-2H3,(H2,23,24,25). The summed E-state index contributed by atoms with van der Waals surface area (Å²) >= 11 is 0. The number of nitrogens with one attached hydrogen (secondary N) is 2. The second-order valence-electron chi connectivity index (χ2n) is 6.16. The molecule has 6 nitrogen and oxygen atoms in total. The fourth-order valence-corrected chi connectivity index (χ4v) is 2.61. The van der Waals surface area contributed by atoms with Crippen molar-refractivity contribution in [3.63, 3.8) is 0 Å². The first-order valence-electron chi connectivity index (χ1n) is 9.76. The van der Waals surface area contributed by atoms with Crippen LogP contribution in [0.3, 0.4) is 0 Å². The summed E-state index contributed by atoms with van der Waals surface area (Å²) in [4.78, 5) is 12.0. The Hall–Kier alpha value is -2.57. The van der Waals surface area contributed by atoms with Gasteiger partial charge < -0.3 is 24.8 Å². The summed E-state index contributed by atoms with van der Waals surface area (Å²) in [6.07, 6.45) is 1.32. The van der Waals surface area contributed by atoms with Crippen molar-refractivity contribution in [1.29, 1.82) is 0 Å². The second kappa shape index (κ2) is 12.8. The number of benzene rings is 2. The van der Waals surface area contributed by atoms with Crippen LogP contribution in [0.4, 0.5) is 10.5 Å². The summed E-state index contributed by atoms with van der Waals surface area (Å²) in [6, 6.07) is 17.1. The van der Waals surface area contributed by atoms with Crippen molar-refractivity contribution in [2.75, 3.05) is 25.1 Å². The Kier molecular flexibility index (Phi) is 9.89. The predicted octanol–water partition coefficient (Wildman–Crippen LogP) is 4.57. The SMILES string of the molecule is CCOC(CCCNC(=O)Nc1ccc(OCc2ccccc2)cc1)OCC. The van der Waals surface area contributed by atoms with Crippen LogP contribution in [0.5, 0.6) is 5.75 Å². The molecule has 0 aliphatic rings. The molecular weight excluding hydrogens is 356 g/mol. The van der Waals surface area contributed by atoms with Crippen molar-refractivity contribution >= 4 is 11.7 Å². The fraction of sp³-hybridized carbons (Fsp3) is 0.409. The molecule has 0 fully saturated rings. The Morgan fingerprint density at radius 3 is 2.29 bits per heavy atom. The van der Waals surface area contributed by atoms with Crippen LogP contribution in [0, 0.1) is 0 Å². The van der Waals surface area contributed by atoms with Gasteiger partial charge >= 0.3 is 6.03 Å². The van der Waals surface area contributed by atoms with Crippen molar-refractivity contribution in [3.05, 3.63) is 60.2 Å². The Bertz CT molecular complexity index is 671. The Morgan fingerprint density at radius 2 is 1.64 bits per heavy atom. The molecule has 152 valence electrons. The minimum Gasteiger partial charge on any atom is -0.489 e. The van der Waals surface area contributed by atoms with E-state index >= 15 is 0 Å². The van der Waals surface area contributed by atoms with Gasteiger partial charge in [-0.3, -0.25) is 0 Å². The third-order valence-corrected chi connectivity index (χ3v) is 3.97. The first-order chi connectivity index (χ1) is 13.7. The Labute approximate surface area is 167 Å². The van der Waals surface area contributed by atoms with Crippen LogP contribution >= 0.6 is 0 Å². The van der Waals surface area contributed by atoms with Gasteiger partial charge in [-0.05, 0) is 50.1 Å². The van der Waals surface area contributed by atoms with Gasteiger partial charge in [0.15, 0.2) is 6.29 Å². The molecule has 0 aliphatic carbocycles. The van der Waals surface area contributed by atoms with Gasteiger partial charge in [-0.1, -0.05) is 30.3 Å². The van der Waals surface area contributed by atoms with E-state index in [4.69, 9.17) is 14.2 Å². The molecule has 0 saturated heterocycles. The summed E-state index contributed by atoms with van der Waals surface area (Å²) in [6.45, 7) is 6.18. The average Bonchev–Trinajstić information content (AvgIpc) is 2.72. The molecule has 0 aliphatic heterocycles. The highest BCUT2D eigenvalue weighted by Crippen LogP contribution is 2.17. The molecule has 0 spiro atoms. The Morgan fingerprint density at radius 1 is 0.964 bits per heavy atom. The van der Waals surface area contributed by atoms with Crippen molar-refractivity contribution in [3.8, 4) is 5.75 Å². The molecule has 2 N–H and O–H groups in total. The number of anilines is 1. The molecule has 2 rings (SSSR count). The molecule has 0 aromatic heterocycles. The maximum absolute atomic E-state index is 12.0. The van der Waals surface area contributed by atoms with Crippen LogP contribution in [0.1, 0.15) is 32.3 Å². The normalized spacial score (nSPS) is 10.7. The zero-order valence-electron chi connectivity index (χ0n) is 16.6. The van der Waals surface area contributed by atoms with Crippen LogP contribution in [-0.4, -0.2) is 32.1 Å². The molecule has 2 aromatic rings. The lowest BCUT2D eigenvalue weighted by Crippen LogP contribution is -2.30. The molecule has 0 radical (unpaired) electrons. The topological polar surface area (TPSA) is 68.8 Å². The largest absolute Gasteiger partial charge is 0.489 e. The molecule has 0 heterocycles. The highest BCUT2D eigenvalue weighted by molar-refractivity contribution is 5.89. The number of rotatable bonds is 12. The zero-order chi connectivity index (χ0) is 20.0. The second-order valence-corrected chi connectivity index (χ2v) is 6.16. The van der Waals surface area contributed by atoms with E-state index in [2.05, 4.69) is 10.6 Å². The first kappa shape index (κ1) is 21.7. The van der Waals surface area contributed by atoms with E-state index in [0.29, 0.717) is 32.1 Å². The summed E-state index contributed by atoms with van der Waals surface area (Å²) in [7, 11) is 0. The zero-order valence-corrected chi connectivity index (χ0v) is 16.6. The molecule has 0 unspecified atom stereocenters. The van der Waals surface area contributed by atoms with Gasteiger partial charge in [0, 0.05) is 31.9 Å². The molecule has 0 saturated carbocycles. The fourth-order valence-electron chi connectivity index (χ4n) is 2.61. The van der Waals surface area contributed by atoms with E-state index < -0.39 is 0 Å². The number of ether oxygens (including phenoxy) is 3. The molecule has 6 heteroatoms. The Balaban J connectivity index is 1.66. The number of carbonyl (C=O) groups is 1. The number of hydrogen-bond acceptors (Lipinski definition) is 4. The van der Waals surface area contributed by atoms with E-state index in [0.717, 1.165) is 24.2 Å². The lowest BCUT2D eigenvalue weighted by molar-refractivity contribution is -0.139. The molecule has 0 atom stereocenters. The van der Waals surface area contributed by atoms with Gasteiger partial charge in [0.1, 0.15) is 12.4 Å². The maximum atomic E-state index is 12.0. The highest BCUT2D eigenvalue weighted by atomic mass is 16.7. The van der Waals surface area contributed by atoms with Gasteiger partial charge in [0.05, 0.1) is 0 Å². The summed E-state index contributed by atoms with van der Waals surface area (Å²) in [5.41, 5.74) is 1.83. The predicted molar refractivity (Wildman–Crippen MR) is 111 cm³/mol. The number of hydrogen-bond donors (Lipinski definition) is 2. The minimum atomic E-state index is -0.234. The van der Waals surface area contributed by atoms with E-state index in [-0.39, 0.29) is 12.3 Å². The van der Waals surface area contributed by atoms with Crippen molar-refractivity contribution in [2.45, 2.75) is 39.6 Å². The van der Waals surface area contributed by atoms with Gasteiger partial charge in [0.25, 0.3) is 0 Å². The van der Waals surface area contributed by atoms with Gasteiger partial charge in [0.2, 0.25) is 0 Å². The molecule has 0 bridgehead atoms. The lowest BCUT2D eigenvalue weighted by Gasteiger charge is -2.16. The average molecular weight is 386 g/mol. The van der Waals surface area contributed by atoms with E-state index in [1.807, 2.05) is 68.4 Å². The smallest absolute Gasteiger partial charge is 0.319 e. The summed E-state index contributed by atoms with van der Waals surface area (Å²) < 4.78 is 16.7. The molecular formula is C22H30N2O4. The highest BCUT2D eigenvalue weighted by Gasteiger charge is 2.08. The van der Waals surface area contributed by atoms with Crippen molar-refractivity contribution in [1.82, 2.24) is 5.32 Å². The van der Waals surface area contributed by atoms with Gasteiger partial charge in [-0.25, -0.2) is 4.79 Å². The number of amides is 2. The first-order valence-corrected chi connectivity index (χ1v) is 9.76. The third-order valence-electron chi connectivity index (χ3n) is 3.97. The summed E-state index contributed by atoms with van der Waals surface area (Å²) in [5.74, 6) is 0.757. The van der Waals surface area contributed by atoms with Crippen LogP contribution in [0.2, 0.25) is 0 Å². The van der Waals surface area contributed by atoms with Crippen LogP contribution < -0.4 is 15.4 Å². The van der Waals surface area contributed by atoms with E-state index in [1.165, 1.54) is 0 Å². The van der Waals surface area contributed by atoms with E-state index in [1.54, 1.807) is 0 Å². The maximum Gasteiger partial charge on any atom is 0.319 e. The quantitative estimate of drug-likeness (QED) is 0.414. The van der Waals surface area contributed by atoms with Crippen LogP contribution in [-0.2, 0) is 16.1 Å². The molecule has 2 aromatic carbocycles. The van der Waals surface area contributed by atoms with Gasteiger partial charge in [-0.2, -0.15) is 0 Å². The van der Waals surface area contributed by atoms with E-state index in [9.17, 15) is 4.79 Å². The van der Waals surface area contributed by atoms with Crippen molar-refractivity contribution < 1.29 is 19.0 Å². The van der Waals surface area contributed by atoms with Gasteiger partial charge in [-0.15, -0.1) is 0 Å².